The van der Waals surface area contributed by atoms with Crippen LogP contribution in [0.4, 0.5) is 0 Å². The van der Waals surface area contributed by atoms with Gasteiger partial charge in [0.1, 0.15) is 0 Å². The molecule has 0 atom stereocenters. The first-order valence-corrected chi connectivity index (χ1v) is 11.1. The molecule has 0 fully saturated rings. The molecule has 134 valence electrons. The standard InChI is InChI=1S/C14H21NO6P2S/c1-10(24)4-2-3-5-11-6-12-7-14(22(16,17)18,23(19,20)21)8-13(12)15-9-11/h6-8,15H,2-5,9H2,1H3,(H2,16,17,18)(H2,19,20,21). The predicted molar refractivity (Wildman–Crippen MR) is 95.8 cm³/mol. The van der Waals surface area contributed by atoms with Gasteiger partial charge in [0.05, 0.1) is 0 Å². The van der Waals surface area contributed by atoms with Crippen molar-refractivity contribution in [3.05, 3.63) is 35.1 Å². The third-order valence-electron chi connectivity index (χ3n) is 4.11. The maximum absolute atomic E-state index is 11.8. The number of thiocarbonyl (C=S) groups is 1. The number of nitrogens with one attached hydrogen (secondary N) is 1. The first-order chi connectivity index (χ1) is 11.0. The third-order valence-corrected chi connectivity index (χ3v) is 8.26. The minimum absolute atomic E-state index is 0.347. The van der Waals surface area contributed by atoms with Crippen LogP contribution in [-0.4, -0.2) is 35.9 Å². The lowest BCUT2D eigenvalue weighted by molar-refractivity contribution is 0.333. The smallest absolute Gasteiger partial charge is 0.351 e. The Hall–Kier alpha value is -0.590. The van der Waals surface area contributed by atoms with Crippen molar-refractivity contribution in [2.45, 2.75) is 37.5 Å². The van der Waals surface area contributed by atoms with E-state index in [0.717, 1.165) is 48.3 Å². The Bertz CT molecular complexity index is 708. The van der Waals surface area contributed by atoms with Gasteiger partial charge in [0.15, 0.2) is 0 Å². The van der Waals surface area contributed by atoms with E-state index in [4.69, 9.17) is 12.2 Å². The van der Waals surface area contributed by atoms with Crippen molar-refractivity contribution < 1.29 is 28.7 Å². The van der Waals surface area contributed by atoms with Crippen molar-refractivity contribution in [2.24, 2.45) is 0 Å². The monoisotopic (exact) mass is 393 g/mol. The van der Waals surface area contributed by atoms with Crippen molar-refractivity contribution in [1.29, 1.82) is 0 Å². The molecule has 0 aromatic rings. The van der Waals surface area contributed by atoms with Crippen molar-refractivity contribution in [3.63, 3.8) is 0 Å². The van der Waals surface area contributed by atoms with Gasteiger partial charge in [0, 0.05) is 12.2 Å². The van der Waals surface area contributed by atoms with E-state index in [2.05, 4.69) is 5.32 Å². The number of hydrogen-bond acceptors (Lipinski definition) is 4. The van der Waals surface area contributed by atoms with Gasteiger partial charge in [0.2, 0.25) is 4.90 Å². The van der Waals surface area contributed by atoms with Gasteiger partial charge in [-0.05, 0) is 55.2 Å². The summed E-state index contributed by atoms with van der Waals surface area (Å²) < 4.78 is 23.5. The summed E-state index contributed by atoms with van der Waals surface area (Å²) in [7, 11) is -10.2. The Morgan fingerprint density at radius 3 is 2.38 bits per heavy atom. The van der Waals surface area contributed by atoms with Crippen LogP contribution in [0.2, 0.25) is 0 Å². The molecule has 0 saturated heterocycles. The fourth-order valence-electron chi connectivity index (χ4n) is 2.79. The van der Waals surface area contributed by atoms with Crippen LogP contribution < -0.4 is 5.32 Å². The fourth-order valence-corrected chi connectivity index (χ4v) is 5.50. The number of rotatable bonds is 7. The van der Waals surface area contributed by atoms with Crippen molar-refractivity contribution >= 4 is 32.3 Å². The molecule has 1 heterocycles. The van der Waals surface area contributed by atoms with Crippen LogP contribution in [0.3, 0.4) is 0 Å². The lowest BCUT2D eigenvalue weighted by Crippen LogP contribution is -2.23. The van der Waals surface area contributed by atoms with E-state index < -0.39 is 20.1 Å². The van der Waals surface area contributed by atoms with Crippen molar-refractivity contribution in [3.8, 4) is 0 Å². The van der Waals surface area contributed by atoms with E-state index in [1.165, 1.54) is 0 Å². The molecule has 1 aliphatic carbocycles. The topological polar surface area (TPSA) is 127 Å². The summed E-state index contributed by atoms with van der Waals surface area (Å²) in [5, 5.41) is 2.99. The first-order valence-electron chi connectivity index (χ1n) is 7.46. The van der Waals surface area contributed by atoms with Gasteiger partial charge in [-0.3, -0.25) is 9.13 Å². The summed E-state index contributed by atoms with van der Waals surface area (Å²) in [4.78, 5) is 36.4. The summed E-state index contributed by atoms with van der Waals surface area (Å²) in [5.41, 5.74) is 1.78. The molecule has 0 spiro atoms. The summed E-state index contributed by atoms with van der Waals surface area (Å²) in [6, 6.07) is 0. The summed E-state index contributed by atoms with van der Waals surface area (Å²) in [6.45, 7) is 2.39. The van der Waals surface area contributed by atoms with Crippen molar-refractivity contribution in [2.75, 3.05) is 6.54 Å². The molecule has 0 unspecified atom stereocenters. The highest BCUT2D eigenvalue weighted by Crippen LogP contribution is 2.72. The van der Waals surface area contributed by atoms with Gasteiger partial charge >= 0.3 is 15.2 Å². The van der Waals surface area contributed by atoms with Crippen LogP contribution in [-0.2, 0) is 9.13 Å². The molecular weight excluding hydrogens is 372 g/mol. The fraction of sp³-hybridized carbons (Fsp3) is 0.500. The Morgan fingerprint density at radius 1 is 1.21 bits per heavy atom. The molecule has 0 radical (unpaired) electrons. The Balaban J connectivity index is 2.23. The van der Waals surface area contributed by atoms with Crippen LogP contribution in [0.5, 0.6) is 0 Å². The normalized spacial score (nSPS) is 19.8. The highest BCUT2D eigenvalue weighted by atomic mass is 32.1. The minimum Gasteiger partial charge on any atom is -0.381 e. The highest BCUT2D eigenvalue weighted by Gasteiger charge is 2.59. The molecule has 10 heteroatoms. The van der Waals surface area contributed by atoms with Crippen LogP contribution in [0.25, 0.3) is 0 Å². The quantitative estimate of drug-likeness (QED) is 0.253. The van der Waals surface area contributed by atoms with E-state index in [0.29, 0.717) is 17.8 Å². The van der Waals surface area contributed by atoms with Gasteiger partial charge in [-0.15, -0.1) is 0 Å². The van der Waals surface area contributed by atoms with Gasteiger partial charge < -0.3 is 24.9 Å². The van der Waals surface area contributed by atoms with Gasteiger partial charge in [-0.25, -0.2) is 0 Å². The zero-order chi connectivity index (χ0) is 18.2. The number of hydrogen-bond donors (Lipinski definition) is 5. The van der Waals surface area contributed by atoms with Gasteiger partial charge in [-0.2, -0.15) is 0 Å². The van der Waals surface area contributed by atoms with Gasteiger partial charge in [0.25, 0.3) is 0 Å². The van der Waals surface area contributed by atoms with E-state index in [9.17, 15) is 28.7 Å². The minimum atomic E-state index is -5.10. The maximum Gasteiger partial charge on any atom is 0.351 e. The summed E-state index contributed by atoms with van der Waals surface area (Å²) in [5.74, 6) is 0. The molecule has 0 aromatic heterocycles. The SMILES string of the molecule is CC(=S)CCCCC1=CC2=CC(P(=O)(O)O)(P(=O)(O)O)C=C2NC1. The van der Waals surface area contributed by atoms with Crippen LogP contribution in [0, 0.1) is 0 Å². The van der Waals surface area contributed by atoms with E-state index >= 15 is 0 Å². The second-order valence-corrected chi connectivity index (χ2v) is 10.8. The van der Waals surface area contributed by atoms with Gasteiger partial charge in [-0.1, -0.05) is 23.9 Å². The van der Waals surface area contributed by atoms with Crippen LogP contribution in [0.15, 0.2) is 35.1 Å². The lowest BCUT2D eigenvalue weighted by Gasteiger charge is -2.26. The molecule has 7 nitrogen and oxygen atoms in total. The Kier molecular flexibility index (Phi) is 5.72. The van der Waals surface area contributed by atoms with Crippen LogP contribution >= 0.6 is 27.4 Å². The Morgan fingerprint density at radius 2 is 1.83 bits per heavy atom. The molecule has 24 heavy (non-hydrogen) atoms. The zero-order valence-electron chi connectivity index (χ0n) is 13.2. The molecular formula is C14H21NO6P2S. The molecule has 0 saturated carbocycles. The summed E-state index contributed by atoms with van der Waals surface area (Å²) in [6.07, 6.45) is 7.27. The molecule has 2 aliphatic rings. The zero-order valence-corrected chi connectivity index (χ0v) is 15.8. The van der Waals surface area contributed by atoms with E-state index in [1.807, 2.05) is 6.92 Å². The van der Waals surface area contributed by atoms with E-state index in [1.54, 1.807) is 6.08 Å². The summed E-state index contributed by atoms with van der Waals surface area (Å²) >= 11 is 5.03. The molecule has 0 bridgehead atoms. The number of allylic oxidation sites excluding steroid dienone is 3. The molecule has 2 rings (SSSR count). The molecule has 5 N–H and O–H groups in total. The maximum atomic E-state index is 11.8. The highest BCUT2D eigenvalue weighted by molar-refractivity contribution is 7.80. The average Bonchev–Trinajstić information content (AvgIpc) is 2.82. The number of fused-ring (bicyclic) bond motifs is 1. The number of unbranched alkanes of at least 4 members (excludes halogenated alkanes) is 1. The van der Waals surface area contributed by atoms with Crippen LogP contribution in [0.1, 0.15) is 32.6 Å². The largest absolute Gasteiger partial charge is 0.381 e. The predicted octanol–water partition coefficient (Wildman–Crippen LogP) is 2.34. The van der Waals surface area contributed by atoms with E-state index in [-0.39, 0.29) is 0 Å². The second kappa shape index (κ2) is 6.96. The average molecular weight is 393 g/mol. The second-order valence-electron chi connectivity index (χ2n) is 6.09. The first kappa shape index (κ1) is 19.7. The van der Waals surface area contributed by atoms with Crippen molar-refractivity contribution in [1.82, 2.24) is 5.32 Å². The lowest BCUT2D eigenvalue weighted by atomic mass is 10.0. The Labute approximate surface area is 145 Å². The molecule has 0 aromatic carbocycles. The molecule has 0 amide bonds. The third kappa shape index (κ3) is 3.97. The molecule has 1 aliphatic heterocycles.